The van der Waals surface area contributed by atoms with Crippen molar-refractivity contribution in [3.05, 3.63) is 46.8 Å². The summed E-state index contributed by atoms with van der Waals surface area (Å²) in [7, 11) is -3.71. The van der Waals surface area contributed by atoms with Gasteiger partial charge < -0.3 is 10.6 Å². The SMILES string of the molecule is Cl.NS(=O)(=O)c1ccc(CNC(=O)c2n[nH]c3c2CNCC3)cc1. The zero-order chi connectivity index (χ0) is 16.4. The topological polar surface area (TPSA) is 130 Å². The quantitative estimate of drug-likeness (QED) is 0.603. The molecule has 2 heterocycles. The normalized spacial score (nSPS) is 13.7. The number of nitrogens with zero attached hydrogens (tertiary/aromatic N) is 1. The van der Waals surface area contributed by atoms with E-state index in [1.807, 2.05) is 0 Å². The van der Waals surface area contributed by atoms with Gasteiger partial charge in [0.05, 0.1) is 4.90 Å². The molecule has 10 heteroatoms. The lowest BCUT2D eigenvalue weighted by atomic mass is 10.1. The Bertz CT molecular complexity index is 833. The Kier molecular flexibility index (Phi) is 5.60. The number of hydrogen-bond acceptors (Lipinski definition) is 5. The zero-order valence-electron chi connectivity index (χ0n) is 12.7. The molecule has 0 saturated carbocycles. The van der Waals surface area contributed by atoms with Crippen molar-refractivity contribution < 1.29 is 13.2 Å². The summed E-state index contributed by atoms with van der Waals surface area (Å²) in [5, 5.41) is 18.0. The van der Waals surface area contributed by atoms with Crippen LogP contribution in [0.4, 0.5) is 0 Å². The van der Waals surface area contributed by atoms with Crippen LogP contribution in [0.1, 0.15) is 27.3 Å². The molecule has 8 nitrogen and oxygen atoms in total. The highest BCUT2D eigenvalue weighted by Gasteiger charge is 2.21. The third-order valence-electron chi connectivity index (χ3n) is 3.73. The lowest BCUT2D eigenvalue weighted by molar-refractivity contribution is 0.0944. The van der Waals surface area contributed by atoms with Crippen molar-refractivity contribution in [3.63, 3.8) is 0 Å². The number of primary sulfonamides is 1. The average molecular weight is 372 g/mol. The molecule has 2 aromatic rings. The number of rotatable bonds is 4. The lowest BCUT2D eigenvalue weighted by Crippen LogP contribution is -2.28. The Morgan fingerprint density at radius 2 is 2.00 bits per heavy atom. The summed E-state index contributed by atoms with van der Waals surface area (Å²) in [6.07, 6.45) is 0.824. The van der Waals surface area contributed by atoms with E-state index in [0.717, 1.165) is 29.8 Å². The van der Waals surface area contributed by atoms with Gasteiger partial charge in [-0.25, -0.2) is 13.6 Å². The molecule has 5 N–H and O–H groups in total. The van der Waals surface area contributed by atoms with Crippen LogP contribution in [0.25, 0.3) is 0 Å². The van der Waals surface area contributed by atoms with E-state index in [4.69, 9.17) is 5.14 Å². The first-order valence-electron chi connectivity index (χ1n) is 7.12. The first-order chi connectivity index (χ1) is 10.9. The van der Waals surface area contributed by atoms with E-state index in [2.05, 4.69) is 20.8 Å². The van der Waals surface area contributed by atoms with Crippen LogP contribution in [-0.4, -0.2) is 31.1 Å². The van der Waals surface area contributed by atoms with Crippen LogP contribution >= 0.6 is 12.4 Å². The molecule has 0 radical (unpaired) electrons. The van der Waals surface area contributed by atoms with Crippen molar-refractivity contribution in [2.75, 3.05) is 6.54 Å². The first kappa shape index (κ1) is 18.4. The average Bonchev–Trinajstić information content (AvgIpc) is 2.96. The lowest BCUT2D eigenvalue weighted by Gasteiger charge is -2.12. The van der Waals surface area contributed by atoms with Crippen molar-refractivity contribution in [1.29, 1.82) is 0 Å². The van der Waals surface area contributed by atoms with Gasteiger partial charge in [0.25, 0.3) is 5.91 Å². The minimum atomic E-state index is -3.71. The van der Waals surface area contributed by atoms with Crippen LogP contribution < -0.4 is 15.8 Å². The minimum Gasteiger partial charge on any atom is -0.347 e. The maximum absolute atomic E-state index is 12.2. The summed E-state index contributed by atoms with van der Waals surface area (Å²) in [6, 6.07) is 6.05. The number of nitrogens with one attached hydrogen (secondary N) is 3. The molecule has 0 saturated heterocycles. The molecule has 1 amide bonds. The van der Waals surface area contributed by atoms with Crippen LogP contribution in [-0.2, 0) is 29.5 Å². The zero-order valence-corrected chi connectivity index (χ0v) is 14.3. The smallest absolute Gasteiger partial charge is 0.272 e. The van der Waals surface area contributed by atoms with Crippen molar-refractivity contribution in [2.24, 2.45) is 5.14 Å². The number of hydrogen-bond donors (Lipinski definition) is 4. The maximum atomic E-state index is 12.2. The van der Waals surface area contributed by atoms with Crippen molar-refractivity contribution in [3.8, 4) is 0 Å². The molecule has 0 spiro atoms. The number of nitrogens with two attached hydrogens (primary N) is 1. The molecule has 24 heavy (non-hydrogen) atoms. The number of amides is 1. The van der Waals surface area contributed by atoms with Crippen molar-refractivity contribution in [2.45, 2.75) is 24.4 Å². The predicted molar refractivity (Wildman–Crippen MR) is 90.2 cm³/mol. The highest BCUT2D eigenvalue weighted by molar-refractivity contribution is 7.89. The van der Waals surface area contributed by atoms with Crippen LogP contribution in [0.5, 0.6) is 0 Å². The van der Waals surface area contributed by atoms with E-state index in [-0.39, 0.29) is 29.8 Å². The maximum Gasteiger partial charge on any atom is 0.272 e. The molecule has 1 aromatic carbocycles. The van der Waals surface area contributed by atoms with Crippen LogP contribution in [0.2, 0.25) is 0 Å². The molecular weight excluding hydrogens is 354 g/mol. The predicted octanol–water partition coefficient (Wildman–Crippen LogP) is 0.0546. The van der Waals surface area contributed by atoms with E-state index < -0.39 is 10.0 Å². The molecule has 0 unspecified atom stereocenters. The fourth-order valence-corrected chi connectivity index (χ4v) is 2.99. The van der Waals surface area contributed by atoms with E-state index in [1.165, 1.54) is 12.1 Å². The first-order valence-corrected chi connectivity index (χ1v) is 8.66. The minimum absolute atomic E-state index is 0. The summed E-state index contributed by atoms with van der Waals surface area (Å²) in [5.74, 6) is -0.262. The standard InChI is InChI=1S/C14H17N5O3S.ClH/c15-23(21,22)10-3-1-9(2-4-10)7-17-14(20)13-11-8-16-6-5-12(11)18-19-13;/h1-4,16H,5-8H2,(H,17,20)(H,18,19)(H2,15,21,22);1H. The summed E-state index contributed by atoms with van der Waals surface area (Å²) in [6.45, 7) is 1.77. The molecule has 130 valence electrons. The number of fused-ring (bicyclic) bond motifs is 1. The second kappa shape index (κ2) is 7.31. The number of benzene rings is 1. The fourth-order valence-electron chi connectivity index (χ4n) is 2.48. The Hall–Kier alpha value is -1.94. The third kappa shape index (κ3) is 3.93. The second-order valence-corrected chi connectivity index (χ2v) is 6.89. The van der Waals surface area contributed by atoms with Gasteiger partial charge in [-0.3, -0.25) is 9.89 Å². The Morgan fingerprint density at radius 3 is 2.67 bits per heavy atom. The van der Waals surface area contributed by atoms with Crippen molar-refractivity contribution in [1.82, 2.24) is 20.8 Å². The number of halogens is 1. The largest absolute Gasteiger partial charge is 0.347 e. The Labute approximate surface area is 145 Å². The molecule has 0 fully saturated rings. The van der Waals surface area contributed by atoms with Crippen LogP contribution in [0.3, 0.4) is 0 Å². The van der Waals surface area contributed by atoms with Gasteiger partial charge in [0, 0.05) is 37.3 Å². The summed E-state index contributed by atoms with van der Waals surface area (Å²) < 4.78 is 22.4. The molecular formula is C14H18ClN5O3S. The molecule has 0 bridgehead atoms. The van der Waals surface area contributed by atoms with Gasteiger partial charge in [-0.15, -0.1) is 12.4 Å². The van der Waals surface area contributed by atoms with Crippen molar-refractivity contribution >= 4 is 28.3 Å². The molecule has 1 aliphatic heterocycles. The van der Waals surface area contributed by atoms with E-state index in [1.54, 1.807) is 12.1 Å². The van der Waals surface area contributed by atoms with Gasteiger partial charge in [-0.2, -0.15) is 5.10 Å². The molecule has 0 atom stereocenters. The Morgan fingerprint density at radius 1 is 1.29 bits per heavy atom. The number of aromatic nitrogens is 2. The number of carbonyl (C=O) groups excluding carboxylic acids is 1. The molecule has 0 aliphatic carbocycles. The summed E-state index contributed by atoms with van der Waals surface area (Å²) in [5.41, 5.74) is 3.06. The number of carbonyl (C=O) groups is 1. The van der Waals surface area contributed by atoms with E-state index in [0.29, 0.717) is 12.2 Å². The Balaban J connectivity index is 0.00000208. The van der Waals surface area contributed by atoms with Crippen LogP contribution in [0, 0.1) is 0 Å². The summed E-state index contributed by atoms with van der Waals surface area (Å²) >= 11 is 0. The van der Waals surface area contributed by atoms with Gasteiger partial charge >= 0.3 is 0 Å². The fraction of sp³-hybridized carbons (Fsp3) is 0.286. The highest BCUT2D eigenvalue weighted by atomic mass is 35.5. The monoisotopic (exact) mass is 371 g/mol. The number of H-pyrrole nitrogens is 1. The third-order valence-corrected chi connectivity index (χ3v) is 4.66. The highest BCUT2D eigenvalue weighted by Crippen LogP contribution is 2.15. The molecule has 3 rings (SSSR count). The van der Waals surface area contributed by atoms with E-state index >= 15 is 0 Å². The van der Waals surface area contributed by atoms with Gasteiger partial charge in [0.1, 0.15) is 0 Å². The van der Waals surface area contributed by atoms with E-state index in [9.17, 15) is 13.2 Å². The molecule has 1 aromatic heterocycles. The van der Waals surface area contributed by atoms with Gasteiger partial charge in [0.2, 0.25) is 10.0 Å². The van der Waals surface area contributed by atoms with Gasteiger partial charge in [-0.05, 0) is 17.7 Å². The van der Waals surface area contributed by atoms with Crippen LogP contribution in [0.15, 0.2) is 29.2 Å². The van der Waals surface area contributed by atoms with Gasteiger partial charge in [-0.1, -0.05) is 12.1 Å². The summed E-state index contributed by atoms with van der Waals surface area (Å²) in [4.78, 5) is 12.3. The molecule has 1 aliphatic rings. The number of sulfonamides is 1. The van der Waals surface area contributed by atoms with Gasteiger partial charge in [0.15, 0.2) is 5.69 Å². The second-order valence-electron chi connectivity index (χ2n) is 5.33. The number of aromatic amines is 1.